The van der Waals surface area contributed by atoms with Crippen LogP contribution in [0.15, 0.2) is 42.7 Å². The summed E-state index contributed by atoms with van der Waals surface area (Å²) in [5.41, 5.74) is -1.73. The number of imidazole rings is 1. The van der Waals surface area contributed by atoms with Crippen LogP contribution in [0.2, 0.25) is 0 Å². The van der Waals surface area contributed by atoms with E-state index in [-0.39, 0.29) is 11.3 Å². The molecular weight excluding hydrogens is 416 g/mol. The Bertz CT molecular complexity index is 1100. The standard InChI is InChI=1S/C21H22F4N4O2/c1-13-12-15(14(2)29(13)17-7-5-4-6-16(17)22)18(30)26-9-8-20(31,21(23,24)25)19-27-10-11-28(19)3/h4-7,10-12,31H,8-9H2,1-3H3,(H,26,30). The minimum Gasteiger partial charge on any atom is -0.374 e. The van der Waals surface area contributed by atoms with Crippen molar-refractivity contribution in [2.75, 3.05) is 6.54 Å². The van der Waals surface area contributed by atoms with Crippen LogP contribution in [0, 0.1) is 19.7 Å². The first-order valence-corrected chi connectivity index (χ1v) is 9.46. The van der Waals surface area contributed by atoms with Crippen LogP contribution in [0.4, 0.5) is 17.6 Å². The van der Waals surface area contributed by atoms with Crippen molar-refractivity contribution in [3.05, 3.63) is 71.3 Å². The molecule has 166 valence electrons. The number of alkyl halides is 3. The highest BCUT2D eigenvalue weighted by molar-refractivity contribution is 5.95. The summed E-state index contributed by atoms with van der Waals surface area (Å²) in [6.45, 7) is 2.86. The molecule has 0 saturated carbocycles. The molecule has 2 heterocycles. The number of amides is 1. The van der Waals surface area contributed by atoms with Gasteiger partial charge in [-0.15, -0.1) is 0 Å². The number of hydrogen-bond donors (Lipinski definition) is 2. The van der Waals surface area contributed by atoms with E-state index in [0.717, 1.165) is 10.8 Å². The summed E-state index contributed by atoms with van der Waals surface area (Å²) < 4.78 is 57.6. The van der Waals surface area contributed by atoms with E-state index in [1.165, 1.54) is 25.4 Å². The number of hydrogen-bond acceptors (Lipinski definition) is 3. The largest absolute Gasteiger partial charge is 0.424 e. The van der Waals surface area contributed by atoms with Gasteiger partial charge in [-0.2, -0.15) is 13.2 Å². The summed E-state index contributed by atoms with van der Waals surface area (Å²) >= 11 is 0. The fraction of sp³-hybridized carbons (Fsp3) is 0.333. The molecule has 0 bridgehead atoms. The van der Waals surface area contributed by atoms with Crippen molar-refractivity contribution in [3.63, 3.8) is 0 Å². The van der Waals surface area contributed by atoms with Gasteiger partial charge in [0, 0.05) is 43.8 Å². The van der Waals surface area contributed by atoms with Crippen molar-refractivity contribution >= 4 is 5.91 Å². The quantitative estimate of drug-likeness (QED) is 0.579. The number of aliphatic hydroxyl groups is 1. The lowest BCUT2D eigenvalue weighted by Crippen LogP contribution is -2.46. The summed E-state index contributed by atoms with van der Waals surface area (Å²) in [5, 5.41) is 12.8. The first-order valence-electron chi connectivity index (χ1n) is 9.46. The van der Waals surface area contributed by atoms with E-state index < -0.39 is 42.3 Å². The molecule has 0 spiro atoms. The fourth-order valence-corrected chi connectivity index (χ4v) is 3.59. The van der Waals surface area contributed by atoms with Gasteiger partial charge in [0.25, 0.3) is 5.91 Å². The Balaban J connectivity index is 1.79. The van der Waals surface area contributed by atoms with E-state index in [4.69, 9.17) is 0 Å². The molecule has 1 amide bonds. The molecule has 0 aliphatic carbocycles. The number of halogens is 4. The zero-order chi connectivity index (χ0) is 23.0. The second kappa shape index (κ2) is 8.18. The first-order chi connectivity index (χ1) is 14.5. The molecular formula is C21H22F4N4O2. The van der Waals surface area contributed by atoms with Crippen LogP contribution >= 0.6 is 0 Å². The molecule has 3 aromatic rings. The number of para-hydroxylation sites is 1. The van der Waals surface area contributed by atoms with Gasteiger partial charge >= 0.3 is 6.18 Å². The second-order valence-corrected chi connectivity index (χ2v) is 7.30. The highest BCUT2D eigenvalue weighted by Gasteiger charge is 2.57. The molecule has 0 radical (unpaired) electrons. The Morgan fingerprint density at radius 1 is 1.23 bits per heavy atom. The third-order valence-electron chi connectivity index (χ3n) is 5.20. The average molecular weight is 438 g/mol. The van der Waals surface area contributed by atoms with Crippen LogP contribution in [-0.2, 0) is 12.6 Å². The Kier molecular flexibility index (Phi) is 5.95. The van der Waals surface area contributed by atoms with Gasteiger partial charge in [0.1, 0.15) is 11.6 Å². The number of carbonyl (C=O) groups is 1. The van der Waals surface area contributed by atoms with Crippen molar-refractivity contribution in [2.45, 2.75) is 32.0 Å². The molecule has 0 fully saturated rings. The van der Waals surface area contributed by atoms with E-state index in [1.54, 1.807) is 36.6 Å². The van der Waals surface area contributed by atoms with Gasteiger partial charge in [-0.3, -0.25) is 4.79 Å². The van der Waals surface area contributed by atoms with Crippen LogP contribution < -0.4 is 5.32 Å². The van der Waals surface area contributed by atoms with E-state index in [0.29, 0.717) is 11.4 Å². The van der Waals surface area contributed by atoms with Gasteiger partial charge in [0.2, 0.25) is 5.60 Å². The Morgan fingerprint density at radius 3 is 2.48 bits per heavy atom. The predicted molar refractivity (Wildman–Crippen MR) is 105 cm³/mol. The second-order valence-electron chi connectivity index (χ2n) is 7.30. The number of benzene rings is 1. The molecule has 0 aliphatic rings. The van der Waals surface area contributed by atoms with Crippen LogP contribution in [0.5, 0.6) is 0 Å². The molecule has 10 heteroatoms. The average Bonchev–Trinajstić information content (AvgIpc) is 3.24. The van der Waals surface area contributed by atoms with Gasteiger partial charge in [0.15, 0.2) is 0 Å². The molecule has 1 aromatic carbocycles. The maximum atomic E-state index is 14.2. The lowest BCUT2D eigenvalue weighted by molar-refractivity contribution is -0.272. The van der Waals surface area contributed by atoms with Crippen molar-refractivity contribution in [2.24, 2.45) is 7.05 Å². The Labute approximate surface area is 176 Å². The zero-order valence-corrected chi connectivity index (χ0v) is 17.2. The van der Waals surface area contributed by atoms with Crippen molar-refractivity contribution < 1.29 is 27.5 Å². The molecule has 3 rings (SSSR count). The minimum absolute atomic E-state index is 0.202. The molecule has 6 nitrogen and oxygen atoms in total. The highest BCUT2D eigenvalue weighted by Crippen LogP contribution is 2.40. The number of nitrogens with one attached hydrogen (secondary N) is 1. The van der Waals surface area contributed by atoms with Crippen LogP contribution in [0.3, 0.4) is 0 Å². The third kappa shape index (κ3) is 4.07. The normalized spacial score (nSPS) is 13.8. The molecule has 1 unspecified atom stereocenters. The van der Waals surface area contributed by atoms with Gasteiger partial charge in [-0.25, -0.2) is 9.37 Å². The first kappa shape index (κ1) is 22.5. The van der Waals surface area contributed by atoms with E-state index >= 15 is 0 Å². The highest BCUT2D eigenvalue weighted by atomic mass is 19.4. The molecule has 31 heavy (non-hydrogen) atoms. The van der Waals surface area contributed by atoms with E-state index in [9.17, 15) is 27.5 Å². The smallest absolute Gasteiger partial charge is 0.374 e. The third-order valence-corrected chi connectivity index (χ3v) is 5.20. The van der Waals surface area contributed by atoms with Gasteiger partial charge in [0.05, 0.1) is 11.3 Å². The van der Waals surface area contributed by atoms with Crippen LogP contribution in [0.25, 0.3) is 5.69 Å². The summed E-state index contributed by atoms with van der Waals surface area (Å²) in [7, 11) is 1.34. The monoisotopic (exact) mass is 438 g/mol. The number of aryl methyl sites for hydroxylation is 2. The van der Waals surface area contributed by atoms with Gasteiger partial charge in [-0.05, 0) is 32.0 Å². The predicted octanol–water partition coefficient (Wildman–Crippen LogP) is 3.54. The number of rotatable bonds is 6. The Hall–Kier alpha value is -3.14. The Morgan fingerprint density at radius 2 is 1.90 bits per heavy atom. The molecule has 2 aromatic heterocycles. The lowest BCUT2D eigenvalue weighted by atomic mass is 9.97. The topological polar surface area (TPSA) is 72.1 Å². The summed E-state index contributed by atoms with van der Waals surface area (Å²) in [6, 6.07) is 7.60. The van der Waals surface area contributed by atoms with Gasteiger partial charge in [-0.1, -0.05) is 12.1 Å². The summed E-state index contributed by atoms with van der Waals surface area (Å²) in [5.74, 6) is -1.66. The summed E-state index contributed by atoms with van der Waals surface area (Å²) in [6.07, 6.45) is -3.36. The zero-order valence-electron chi connectivity index (χ0n) is 17.2. The van der Waals surface area contributed by atoms with Crippen molar-refractivity contribution in [3.8, 4) is 5.69 Å². The maximum absolute atomic E-state index is 14.2. The maximum Gasteiger partial charge on any atom is 0.424 e. The van der Waals surface area contributed by atoms with Crippen LogP contribution in [0.1, 0.15) is 34.0 Å². The fourth-order valence-electron chi connectivity index (χ4n) is 3.59. The van der Waals surface area contributed by atoms with Crippen molar-refractivity contribution in [1.82, 2.24) is 19.4 Å². The number of carbonyl (C=O) groups excluding carboxylic acids is 1. The van der Waals surface area contributed by atoms with E-state index in [1.807, 2.05) is 0 Å². The number of nitrogens with zero attached hydrogens (tertiary/aromatic N) is 3. The molecule has 2 N–H and O–H groups in total. The molecule has 1 atom stereocenters. The lowest BCUT2D eigenvalue weighted by Gasteiger charge is -2.30. The van der Waals surface area contributed by atoms with Gasteiger partial charge < -0.3 is 19.6 Å². The SMILES string of the molecule is Cc1cc(C(=O)NCCC(O)(c2nccn2C)C(F)(F)F)c(C)n1-c1ccccc1F. The molecule has 0 aliphatic heterocycles. The van der Waals surface area contributed by atoms with E-state index in [2.05, 4.69) is 10.3 Å². The van der Waals surface area contributed by atoms with Crippen LogP contribution in [-0.4, -0.2) is 37.9 Å². The minimum atomic E-state index is -4.99. The summed E-state index contributed by atoms with van der Waals surface area (Å²) in [4.78, 5) is 16.3. The number of aromatic nitrogens is 3. The van der Waals surface area contributed by atoms with Crippen molar-refractivity contribution in [1.29, 1.82) is 0 Å². The molecule has 0 saturated heterocycles.